The SMILES string of the molecule is C#CCSc1cc2ccccc2nc1SCC#C. The Morgan fingerprint density at radius 3 is 2.56 bits per heavy atom. The van der Waals surface area contributed by atoms with Crippen LogP contribution in [-0.2, 0) is 0 Å². The molecule has 0 fully saturated rings. The van der Waals surface area contributed by atoms with Crippen molar-refractivity contribution < 1.29 is 0 Å². The van der Waals surface area contributed by atoms with Crippen LogP contribution in [0.2, 0.25) is 0 Å². The molecule has 1 aromatic carbocycles. The zero-order chi connectivity index (χ0) is 12.8. The van der Waals surface area contributed by atoms with Crippen LogP contribution in [0.25, 0.3) is 10.9 Å². The Labute approximate surface area is 116 Å². The van der Waals surface area contributed by atoms with Crippen molar-refractivity contribution in [2.45, 2.75) is 9.92 Å². The Morgan fingerprint density at radius 2 is 1.78 bits per heavy atom. The minimum Gasteiger partial charge on any atom is -0.240 e. The second kappa shape index (κ2) is 6.40. The maximum Gasteiger partial charge on any atom is 0.111 e. The number of fused-ring (bicyclic) bond motifs is 1. The highest BCUT2D eigenvalue weighted by atomic mass is 32.2. The van der Waals surface area contributed by atoms with E-state index < -0.39 is 0 Å². The first-order valence-corrected chi connectivity index (χ1v) is 7.34. The molecular formula is C15H11NS2. The van der Waals surface area contributed by atoms with Crippen molar-refractivity contribution in [1.29, 1.82) is 0 Å². The summed E-state index contributed by atoms with van der Waals surface area (Å²) in [6, 6.07) is 10.2. The monoisotopic (exact) mass is 269 g/mol. The predicted molar refractivity (Wildman–Crippen MR) is 80.9 cm³/mol. The normalized spacial score (nSPS) is 9.89. The second-order valence-electron chi connectivity index (χ2n) is 3.47. The molecule has 0 unspecified atom stereocenters. The number of benzene rings is 1. The maximum absolute atomic E-state index is 5.31. The molecule has 0 saturated carbocycles. The topological polar surface area (TPSA) is 12.9 Å². The van der Waals surface area contributed by atoms with Crippen LogP contribution in [0.15, 0.2) is 40.3 Å². The number of thioether (sulfide) groups is 2. The van der Waals surface area contributed by atoms with E-state index in [2.05, 4.69) is 29.0 Å². The van der Waals surface area contributed by atoms with Gasteiger partial charge in [0.25, 0.3) is 0 Å². The van der Waals surface area contributed by atoms with Gasteiger partial charge in [0, 0.05) is 10.3 Å². The maximum atomic E-state index is 5.31. The van der Waals surface area contributed by atoms with Gasteiger partial charge in [0.1, 0.15) is 5.03 Å². The van der Waals surface area contributed by atoms with Gasteiger partial charge in [-0.2, -0.15) is 0 Å². The van der Waals surface area contributed by atoms with Crippen molar-refractivity contribution in [2.24, 2.45) is 0 Å². The molecule has 0 radical (unpaired) electrons. The van der Waals surface area contributed by atoms with Crippen molar-refractivity contribution >= 4 is 34.4 Å². The fraction of sp³-hybridized carbons (Fsp3) is 0.133. The number of aromatic nitrogens is 1. The minimum absolute atomic E-state index is 0.620. The summed E-state index contributed by atoms with van der Waals surface area (Å²) in [6.45, 7) is 0. The summed E-state index contributed by atoms with van der Waals surface area (Å²) in [5.41, 5.74) is 0.988. The molecule has 88 valence electrons. The number of para-hydroxylation sites is 1. The number of hydrogen-bond acceptors (Lipinski definition) is 3. The zero-order valence-electron chi connectivity index (χ0n) is 9.72. The predicted octanol–water partition coefficient (Wildman–Crippen LogP) is 3.69. The molecule has 0 bridgehead atoms. The number of terminal acetylenes is 2. The van der Waals surface area contributed by atoms with Gasteiger partial charge in [0.05, 0.1) is 17.0 Å². The van der Waals surface area contributed by atoms with Gasteiger partial charge in [-0.05, 0) is 12.1 Å². The van der Waals surface area contributed by atoms with Crippen LogP contribution in [0.3, 0.4) is 0 Å². The molecule has 2 aromatic rings. The fourth-order valence-electron chi connectivity index (χ4n) is 1.52. The summed E-state index contributed by atoms with van der Waals surface area (Å²) in [4.78, 5) is 5.75. The van der Waals surface area contributed by atoms with E-state index in [4.69, 9.17) is 12.8 Å². The molecule has 1 aromatic heterocycles. The van der Waals surface area contributed by atoms with Crippen molar-refractivity contribution in [3.8, 4) is 24.7 Å². The Bertz CT molecular complexity index is 578. The number of hydrogen-bond donors (Lipinski definition) is 0. The summed E-state index contributed by atoms with van der Waals surface area (Å²) >= 11 is 3.20. The highest BCUT2D eigenvalue weighted by Crippen LogP contribution is 2.31. The van der Waals surface area contributed by atoms with E-state index in [1.165, 1.54) is 0 Å². The molecule has 0 aliphatic rings. The van der Waals surface area contributed by atoms with Gasteiger partial charge in [0.2, 0.25) is 0 Å². The van der Waals surface area contributed by atoms with Gasteiger partial charge in [-0.1, -0.05) is 41.8 Å². The highest BCUT2D eigenvalue weighted by Gasteiger charge is 2.07. The van der Waals surface area contributed by atoms with Crippen molar-refractivity contribution in [2.75, 3.05) is 11.5 Å². The Hall–Kier alpha value is -1.55. The van der Waals surface area contributed by atoms with Crippen LogP contribution < -0.4 is 0 Å². The number of pyridine rings is 1. The van der Waals surface area contributed by atoms with E-state index in [0.29, 0.717) is 11.5 Å². The summed E-state index contributed by atoms with van der Waals surface area (Å²) in [7, 11) is 0. The first-order valence-electron chi connectivity index (χ1n) is 5.37. The van der Waals surface area contributed by atoms with Crippen LogP contribution >= 0.6 is 23.5 Å². The summed E-state index contributed by atoms with van der Waals surface area (Å²) in [5.74, 6) is 6.52. The average Bonchev–Trinajstić information content (AvgIpc) is 2.42. The van der Waals surface area contributed by atoms with Gasteiger partial charge in [-0.25, -0.2) is 4.98 Å². The standard InChI is InChI=1S/C15H11NS2/c1-3-9-17-14-11-12-7-5-6-8-13(12)16-15(14)18-10-4-2/h1-2,5-8,11H,9-10H2. The van der Waals surface area contributed by atoms with Gasteiger partial charge in [-0.3, -0.25) is 0 Å². The lowest BCUT2D eigenvalue weighted by atomic mass is 10.2. The molecule has 0 atom stereocenters. The molecule has 0 aliphatic heterocycles. The van der Waals surface area contributed by atoms with Crippen molar-refractivity contribution in [3.05, 3.63) is 30.3 Å². The van der Waals surface area contributed by atoms with Gasteiger partial charge >= 0.3 is 0 Å². The van der Waals surface area contributed by atoms with Crippen LogP contribution in [0.1, 0.15) is 0 Å². The average molecular weight is 269 g/mol. The smallest absolute Gasteiger partial charge is 0.111 e. The Morgan fingerprint density at radius 1 is 1.06 bits per heavy atom. The quantitative estimate of drug-likeness (QED) is 0.620. The molecular weight excluding hydrogens is 258 g/mol. The molecule has 0 amide bonds. The van der Waals surface area contributed by atoms with Gasteiger partial charge in [-0.15, -0.1) is 24.6 Å². The third kappa shape index (κ3) is 3.01. The molecule has 2 rings (SSSR count). The molecule has 0 N–H and O–H groups in total. The lowest BCUT2D eigenvalue weighted by Gasteiger charge is -2.07. The first-order chi connectivity index (χ1) is 8.85. The number of rotatable bonds is 4. The van der Waals surface area contributed by atoms with Crippen molar-refractivity contribution in [3.63, 3.8) is 0 Å². The van der Waals surface area contributed by atoms with Crippen LogP contribution in [0.4, 0.5) is 0 Å². The summed E-state index contributed by atoms with van der Waals surface area (Å²) < 4.78 is 0. The molecule has 0 aliphatic carbocycles. The Kier molecular flexibility index (Phi) is 4.59. The molecule has 0 spiro atoms. The molecule has 18 heavy (non-hydrogen) atoms. The Balaban J connectivity index is 2.43. The van der Waals surface area contributed by atoms with E-state index in [9.17, 15) is 0 Å². The minimum atomic E-state index is 0.620. The summed E-state index contributed by atoms with van der Waals surface area (Å²) in [6.07, 6.45) is 10.6. The molecule has 1 nitrogen and oxygen atoms in total. The van der Waals surface area contributed by atoms with Gasteiger partial charge < -0.3 is 0 Å². The van der Waals surface area contributed by atoms with Gasteiger partial charge in [0.15, 0.2) is 0 Å². The largest absolute Gasteiger partial charge is 0.240 e. The first kappa shape index (κ1) is 12.9. The van der Waals surface area contributed by atoms with E-state index in [1.807, 2.05) is 18.2 Å². The van der Waals surface area contributed by atoms with Crippen LogP contribution in [0.5, 0.6) is 0 Å². The van der Waals surface area contributed by atoms with E-state index in [-0.39, 0.29) is 0 Å². The third-order valence-corrected chi connectivity index (χ3v) is 4.22. The number of nitrogens with zero attached hydrogens (tertiary/aromatic N) is 1. The molecule has 3 heteroatoms. The third-order valence-electron chi connectivity index (χ3n) is 2.26. The van der Waals surface area contributed by atoms with Crippen molar-refractivity contribution in [1.82, 2.24) is 4.98 Å². The molecule has 1 heterocycles. The van der Waals surface area contributed by atoms with E-state index >= 15 is 0 Å². The fourth-order valence-corrected chi connectivity index (χ4v) is 3.07. The summed E-state index contributed by atoms with van der Waals surface area (Å²) in [5, 5.41) is 2.09. The highest BCUT2D eigenvalue weighted by molar-refractivity contribution is 8.02. The zero-order valence-corrected chi connectivity index (χ0v) is 11.4. The second-order valence-corrected chi connectivity index (χ2v) is 5.45. The molecule has 0 saturated heterocycles. The lowest BCUT2D eigenvalue weighted by molar-refractivity contribution is 1.08. The van der Waals surface area contributed by atoms with E-state index in [0.717, 1.165) is 20.8 Å². The van der Waals surface area contributed by atoms with Crippen LogP contribution in [-0.4, -0.2) is 16.5 Å². The van der Waals surface area contributed by atoms with Crippen LogP contribution in [0, 0.1) is 24.7 Å². The lowest BCUT2D eigenvalue weighted by Crippen LogP contribution is -1.89. The van der Waals surface area contributed by atoms with E-state index in [1.54, 1.807) is 23.5 Å².